The number of halogens is 1. The second-order valence-electron chi connectivity index (χ2n) is 6.13. The molecule has 0 spiro atoms. The highest BCUT2D eigenvalue weighted by atomic mass is 79.9. The first-order valence-corrected chi connectivity index (χ1v) is 10.5. The van der Waals surface area contributed by atoms with E-state index in [4.69, 9.17) is 4.74 Å². The molecular formula is C21H20BrN3O2S. The first kappa shape index (κ1) is 20.4. The van der Waals surface area contributed by atoms with Crippen LogP contribution < -0.4 is 4.74 Å². The number of thioether (sulfide) groups is 1. The lowest BCUT2D eigenvalue weighted by Gasteiger charge is -2.09. The number of aryl methyl sites for hydroxylation is 1. The van der Waals surface area contributed by atoms with Crippen molar-refractivity contribution < 1.29 is 9.53 Å². The predicted molar refractivity (Wildman–Crippen MR) is 115 cm³/mol. The molecule has 0 fully saturated rings. The molecule has 7 heteroatoms. The van der Waals surface area contributed by atoms with Gasteiger partial charge in [0.2, 0.25) is 0 Å². The van der Waals surface area contributed by atoms with Gasteiger partial charge in [-0.05, 0) is 36.8 Å². The van der Waals surface area contributed by atoms with Crippen LogP contribution in [-0.2, 0) is 13.2 Å². The molecule has 1 heterocycles. The van der Waals surface area contributed by atoms with E-state index in [-0.39, 0.29) is 11.5 Å². The standard InChI is InChI=1S/C21H20BrN3O2S/c1-3-10-25-20(13-27-18-9-4-6-15(2)11-18)23-24-21(25)28-14-19(26)16-7-5-8-17(22)12-16/h3-9,11-12H,1,10,13-14H2,2H3. The Morgan fingerprint density at radius 1 is 1.25 bits per heavy atom. The van der Waals surface area contributed by atoms with Gasteiger partial charge in [-0.25, -0.2) is 0 Å². The largest absolute Gasteiger partial charge is 0.486 e. The highest BCUT2D eigenvalue weighted by molar-refractivity contribution is 9.10. The number of allylic oxidation sites excluding steroid dienone is 1. The minimum atomic E-state index is 0.0389. The summed E-state index contributed by atoms with van der Waals surface area (Å²) in [6, 6.07) is 15.2. The number of hydrogen-bond acceptors (Lipinski definition) is 5. The first-order chi connectivity index (χ1) is 13.6. The average Bonchev–Trinajstić information content (AvgIpc) is 3.06. The van der Waals surface area contributed by atoms with Gasteiger partial charge in [0.1, 0.15) is 12.4 Å². The zero-order valence-corrected chi connectivity index (χ0v) is 17.9. The van der Waals surface area contributed by atoms with Crippen LogP contribution in [0.3, 0.4) is 0 Å². The number of nitrogens with zero attached hydrogens (tertiary/aromatic N) is 3. The van der Waals surface area contributed by atoms with E-state index in [0.29, 0.717) is 29.7 Å². The fourth-order valence-corrected chi connectivity index (χ4v) is 3.83. The van der Waals surface area contributed by atoms with Gasteiger partial charge in [0.15, 0.2) is 16.8 Å². The van der Waals surface area contributed by atoms with Crippen LogP contribution in [0.2, 0.25) is 0 Å². The molecule has 0 saturated carbocycles. The molecule has 3 aromatic rings. The third kappa shape index (κ3) is 5.33. The molecule has 5 nitrogen and oxygen atoms in total. The van der Waals surface area contributed by atoms with E-state index < -0.39 is 0 Å². The lowest BCUT2D eigenvalue weighted by Crippen LogP contribution is -2.09. The predicted octanol–water partition coefficient (Wildman–Crippen LogP) is 5.09. The highest BCUT2D eigenvalue weighted by Crippen LogP contribution is 2.21. The molecule has 0 atom stereocenters. The maximum absolute atomic E-state index is 12.4. The van der Waals surface area contributed by atoms with Crippen LogP contribution in [-0.4, -0.2) is 26.3 Å². The highest BCUT2D eigenvalue weighted by Gasteiger charge is 2.15. The fraction of sp³-hybridized carbons (Fsp3) is 0.190. The summed E-state index contributed by atoms with van der Waals surface area (Å²) in [7, 11) is 0. The number of rotatable bonds is 9. The normalized spacial score (nSPS) is 10.6. The number of ether oxygens (including phenoxy) is 1. The first-order valence-electron chi connectivity index (χ1n) is 8.71. The van der Waals surface area contributed by atoms with Crippen LogP contribution in [0, 0.1) is 6.92 Å². The van der Waals surface area contributed by atoms with Crippen LogP contribution >= 0.6 is 27.7 Å². The van der Waals surface area contributed by atoms with Crippen LogP contribution in [0.15, 0.2) is 70.8 Å². The smallest absolute Gasteiger partial charge is 0.192 e. The van der Waals surface area contributed by atoms with Crippen molar-refractivity contribution in [2.45, 2.75) is 25.2 Å². The van der Waals surface area contributed by atoms with Gasteiger partial charge < -0.3 is 4.74 Å². The van der Waals surface area contributed by atoms with E-state index >= 15 is 0 Å². The second kappa shape index (κ2) is 9.71. The molecule has 0 saturated heterocycles. The van der Waals surface area contributed by atoms with Gasteiger partial charge in [-0.15, -0.1) is 16.8 Å². The molecule has 0 bridgehead atoms. The zero-order valence-electron chi connectivity index (χ0n) is 15.5. The van der Waals surface area contributed by atoms with Gasteiger partial charge in [-0.1, -0.05) is 58.0 Å². The lowest BCUT2D eigenvalue weighted by atomic mass is 10.2. The van der Waals surface area contributed by atoms with Gasteiger partial charge in [-0.3, -0.25) is 9.36 Å². The van der Waals surface area contributed by atoms with Crippen LogP contribution in [0.25, 0.3) is 0 Å². The quantitative estimate of drug-likeness (QED) is 0.254. The Kier molecular flexibility index (Phi) is 7.06. The van der Waals surface area contributed by atoms with Gasteiger partial charge in [0.25, 0.3) is 0 Å². The van der Waals surface area contributed by atoms with E-state index in [1.54, 1.807) is 6.08 Å². The van der Waals surface area contributed by atoms with Crippen LogP contribution in [0.4, 0.5) is 0 Å². The lowest BCUT2D eigenvalue weighted by molar-refractivity contribution is 0.102. The Morgan fingerprint density at radius 2 is 2.07 bits per heavy atom. The maximum atomic E-state index is 12.4. The Morgan fingerprint density at radius 3 is 2.82 bits per heavy atom. The molecule has 0 unspecified atom stereocenters. The van der Waals surface area contributed by atoms with Crippen molar-refractivity contribution in [3.63, 3.8) is 0 Å². The topological polar surface area (TPSA) is 57.0 Å². The molecule has 28 heavy (non-hydrogen) atoms. The minimum absolute atomic E-state index is 0.0389. The number of carbonyl (C=O) groups excluding carboxylic acids is 1. The summed E-state index contributed by atoms with van der Waals surface area (Å²) < 4.78 is 8.64. The minimum Gasteiger partial charge on any atom is -0.486 e. The summed E-state index contributed by atoms with van der Waals surface area (Å²) in [5.41, 5.74) is 1.80. The number of ketones is 1. The molecule has 0 amide bonds. The number of benzene rings is 2. The van der Waals surface area contributed by atoms with Crippen molar-refractivity contribution in [1.29, 1.82) is 0 Å². The van der Waals surface area contributed by atoms with Gasteiger partial charge in [0.05, 0.1) is 5.75 Å². The van der Waals surface area contributed by atoms with Gasteiger partial charge in [0, 0.05) is 16.6 Å². The van der Waals surface area contributed by atoms with Gasteiger partial charge >= 0.3 is 0 Å². The number of hydrogen-bond donors (Lipinski definition) is 0. The van der Waals surface area contributed by atoms with E-state index in [1.165, 1.54) is 11.8 Å². The molecule has 144 valence electrons. The molecule has 0 aliphatic carbocycles. The summed E-state index contributed by atoms with van der Waals surface area (Å²) in [4.78, 5) is 12.4. The van der Waals surface area contributed by atoms with E-state index in [1.807, 2.05) is 60.0 Å². The molecule has 3 rings (SSSR count). The molecule has 2 aromatic carbocycles. The summed E-state index contributed by atoms with van der Waals surface area (Å²) in [5.74, 6) is 1.80. The molecule has 0 radical (unpaired) electrons. The summed E-state index contributed by atoms with van der Waals surface area (Å²) in [6.45, 7) is 6.66. The fourth-order valence-electron chi connectivity index (χ4n) is 2.57. The average molecular weight is 458 g/mol. The Hall–Kier alpha value is -2.38. The van der Waals surface area contributed by atoms with Crippen molar-refractivity contribution in [2.24, 2.45) is 0 Å². The maximum Gasteiger partial charge on any atom is 0.192 e. The van der Waals surface area contributed by atoms with Crippen molar-refractivity contribution in [2.75, 3.05) is 5.75 Å². The zero-order chi connectivity index (χ0) is 19.9. The second-order valence-corrected chi connectivity index (χ2v) is 7.98. The Balaban J connectivity index is 1.68. The van der Waals surface area contributed by atoms with Crippen molar-refractivity contribution in [3.8, 4) is 5.75 Å². The molecule has 1 aromatic heterocycles. The Bertz CT molecular complexity index is 987. The van der Waals surface area contributed by atoms with Gasteiger partial charge in [-0.2, -0.15) is 0 Å². The molecule has 0 aliphatic rings. The Labute approximate surface area is 177 Å². The number of Topliss-reactive ketones (excluding diaryl/α,β-unsaturated/α-hetero) is 1. The third-order valence-electron chi connectivity index (χ3n) is 3.94. The molecule has 0 aliphatic heterocycles. The van der Waals surface area contributed by atoms with Crippen LogP contribution in [0.5, 0.6) is 5.75 Å². The van der Waals surface area contributed by atoms with Crippen LogP contribution in [0.1, 0.15) is 21.7 Å². The van der Waals surface area contributed by atoms with E-state index in [0.717, 1.165) is 15.8 Å². The number of aromatic nitrogens is 3. The van der Waals surface area contributed by atoms with Crippen molar-refractivity contribution in [1.82, 2.24) is 14.8 Å². The summed E-state index contributed by atoms with van der Waals surface area (Å²) in [5, 5.41) is 9.14. The number of carbonyl (C=O) groups is 1. The van der Waals surface area contributed by atoms with E-state index in [2.05, 4.69) is 32.7 Å². The van der Waals surface area contributed by atoms with Crippen molar-refractivity contribution >= 4 is 33.5 Å². The summed E-state index contributed by atoms with van der Waals surface area (Å²) >= 11 is 4.75. The monoisotopic (exact) mass is 457 g/mol. The van der Waals surface area contributed by atoms with E-state index in [9.17, 15) is 4.79 Å². The third-order valence-corrected chi connectivity index (χ3v) is 5.40. The summed E-state index contributed by atoms with van der Waals surface area (Å²) in [6.07, 6.45) is 1.78. The molecular weight excluding hydrogens is 438 g/mol. The molecule has 0 N–H and O–H groups in total. The SMILES string of the molecule is C=CCn1c(COc2cccc(C)c2)nnc1SCC(=O)c1cccc(Br)c1. The van der Waals surface area contributed by atoms with Crippen molar-refractivity contribution in [3.05, 3.63) is 82.6 Å².